The zero-order valence-corrected chi connectivity index (χ0v) is 13.9. The molecular formula is C17H13ClN2Se. The van der Waals surface area contributed by atoms with Gasteiger partial charge in [-0.05, 0) is 0 Å². The molecule has 0 unspecified atom stereocenters. The molecule has 104 valence electrons. The van der Waals surface area contributed by atoms with E-state index in [9.17, 15) is 0 Å². The topological polar surface area (TPSA) is 17.8 Å². The average molecular weight is 360 g/mol. The second-order valence-electron chi connectivity index (χ2n) is 4.74. The van der Waals surface area contributed by atoms with Crippen molar-refractivity contribution in [3.63, 3.8) is 0 Å². The number of hydrogen-bond donors (Lipinski definition) is 0. The molecule has 0 spiro atoms. The monoisotopic (exact) mass is 360 g/mol. The van der Waals surface area contributed by atoms with Crippen molar-refractivity contribution in [1.29, 1.82) is 0 Å². The molecule has 4 heteroatoms. The Morgan fingerprint density at radius 2 is 1.67 bits per heavy atom. The van der Waals surface area contributed by atoms with Crippen LogP contribution in [0.1, 0.15) is 5.69 Å². The van der Waals surface area contributed by atoms with Gasteiger partial charge in [0.05, 0.1) is 0 Å². The first-order valence-corrected chi connectivity index (χ1v) is 7.81. The molecule has 1 aromatic heterocycles. The third-order valence-corrected chi connectivity index (χ3v) is 4.03. The van der Waals surface area contributed by atoms with Crippen LogP contribution in [0, 0.1) is 11.2 Å². The van der Waals surface area contributed by atoms with E-state index in [4.69, 9.17) is 11.6 Å². The van der Waals surface area contributed by atoms with Crippen LogP contribution in [-0.4, -0.2) is 25.1 Å². The van der Waals surface area contributed by atoms with Gasteiger partial charge in [-0.2, -0.15) is 0 Å². The molecule has 0 fully saturated rings. The molecule has 0 saturated carbocycles. The van der Waals surface area contributed by atoms with Gasteiger partial charge < -0.3 is 0 Å². The Balaban J connectivity index is 2.29. The Hall–Kier alpha value is -1.67. The summed E-state index contributed by atoms with van der Waals surface area (Å²) in [5.74, 6) is 0. The van der Waals surface area contributed by atoms with Crippen molar-refractivity contribution in [2.75, 3.05) is 0 Å². The molecule has 0 saturated heterocycles. The number of nitrogens with zero attached hydrogens (tertiary/aromatic N) is 2. The first-order chi connectivity index (χ1) is 10.1. The van der Waals surface area contributed by atoms with Crippen LogP contribution in [0.2, 0.25) is 5.02 Å². The van der Waals surface area contributed by atoms with E-state index in [1.54, 1.807) is 0 Å². The van der Waals surface area contributed by atoms with Crippen molar-refractivity contribution in [2.24, 2.45) is 0 Å². The van der Waals surface area contributed by atoms with Crippen LogP contribution in [0.5, 0.6) is 0 Å². The SMILES string of the molecule is Cc1cc(-c2ccccc2)n(-c2ccc(Cl)cc2)c(=[Se])n1. The van der Waals surface area contributed by atoms with E-state index in [2.05, 4.69) is 43.3 Å². The maximum absolute atomic E-state index is 5.99. The molecule has 0 atom stereocenters. The third kappa shape index (κ3) is 3.01. The zero-order valence-electron chi connectivity index (χ0n) is 11.5. The van der Waals surface area contributed by atoms with E-state index in [0.717, 1.165) is 32.0 Å². The predicted octanol–water partition coefficient (Wildman–Crippen LogP) is 4.20. The van der Waals surface area contributed by atoms with E-state index in [1.165, 1.54) is 0 Å². The molecule has 0 amide bonds. The minimum absolute atomic E-state index is 0.724. The Bertz CT molecular complexity index is 824. The number of hydrogen-bond acceptors (Lipinski definition) is 1. The van der Waals surface area contributed by atoms with Gasteiger partial charge in [0.1, 0.15) is 0 Å². The molecule has 21 heavy (non-hydrogen) atoms. The molecule has 0 bridgehead atoms. The summed E-state index contributed by atoms with van der Waals surface area (Å²) in [4.78, 5) is 4.53. The summed E-state index contributed by atoms with van der Waals surface area (Å²) in [6, 6.07) is 20.1. The normalized spacial score (nSPS) is 10.6. The number of aryl methyl sites for hydroxylation is 1. The van der Waals surface area contributed by atoms with Crippen molar-refractivity contribution in [2.45, 2.75) is 6.92 Å². The van der Waals surface area contributed by atoms with Gasteiger partial charge in [0.25, 0.3) is 0 Å². The number of halogens is 1. The van der Waals surface area contributed by atoms with E-state index in [0.29, 0.717) is 0 Å². The third-order valence-electron chi connectivity index (χ3n) is 3.20. The summed E-state index contributed by atoms with van der Waals surface area (Å²) in [6.07, 6.45) is 0. The maximum atomic E-state index is 5.99. The fraction of sp³-hybridized carbons (Fsp3) is 0.0588. The minimum atomic E-state index is 0.724. The van der Waals surface area contributed by atoms with Crippen LogP contribution in [0.25, 0.3) is 16.9 Å². The van der Waals surface area contributed by atoms with Crippen LogP contribution in [0.4, 0.5) is 0 Å². The molecule has 0 radical (unpaired) electrons. The first-order valence-electron chi connectivity index (χ1n) is 6.57. The van der Waals surface area contributed by atoms with Gasteiger partial charge in [-0.3, -0.25) is 0 Å². The molecule has 2 nitrogen and oxygen atoms in total. The summed E-state index contributed by atoms with van der Waals surface area (Å²) in [7, 11) is 0. The molecule has 0 N–H and O–H groups in total. The Morgan fingerprint density at radius 1 is 1.00 bits per heavy atom. The molecule has 1 heterocycles. The van der Waals surface area contributed by atoms with E-state index >= 15 is 0 Å². The predicted molar refractivity (Wildman–Crippen MR) is 87.7 cm³/mol. The Labute approximate surface area is 136 Å². The van der Waals surface area contributed by atoms with Gasteiger partial charge in [-0.15, -0.1) is 0 Å². The van der Waals surface area contributed by atoms with Crippen LogP contribution in [0.3, 0.4) is 0 Å². The molecule has 0 aliphatic carbocycles. The number of aromatic nitrogens is 2. The summed E-state index contributed by atoms with van der Waals surface area (Å²) in [6.45, 7) is 2.00. The quantitative estimate of drug-likeness (QED) is 0.627. The second-order valence-corrected chi connectivity index (χ2v) is 5.95. The van der Waals surface area contributed by atoms with Gasteiger partial charge in [0.15, 0.2) is 0 Å². The van der Waals surface area contributed by atoms with E-state index in [-0.39, 0.29) is 0 Å². The van der Waals surface area contributed by atoms with Crippen LogP contribution < -0.4 is 0 Å². The van der Waals surface area contributed by atoms with Gasteiger partial charge in [-0.25, -0.2) is 0 Å². The van der Waals surface area contributed by atoms with Gasteiger partial charge >= 0.3 is 136 Å². The van der Waals surface area contributed by atoms with Crippen molar-refractivity contribution < 1.29 is 0 Å². The molecular weight excluding hydrogens is 347 g/mol. The van der Waals surface area contributed by atoms with Gasteiger partial charge in [0, 0.05) is 0 Å². The molecule has 0 aliphatic heterocycles. The Morgan fingerprint density at radius 3 is 2.33 bits per heavy atom. The van der Waals surface area contributed by atoms with Crippen molar-refractivity contribution >= 4 is 27.2 Å². The average Bonchev–Trinajstić information content (AvgIpc) is 2.49. The van der Waals surface area contributed by atoms with Crippen LogP contribution in [0.15, 0.2) is 60.7 Å². The van der Waals surface area contributed by atoms with Crippen molar-refractivity contribution in [3.05, 3.63) is 75.7 Å². The fourth-order valence-electron chi connectivity index (χ4n) is 2.26. The Kier molecular flexibility index (Phi) is 4.07. The number of benzene rings is 2. The summed E-state index contributed by atoms with van der Waals surface area (Å²) >= 11 is 9.04. The number of rotatable bonds is 2. The fourth-order valence-corrected chi connectivity index (χ4v) is 3.12. The molecule has 0 aliphatic rings. The standard InChI is InChI=1S/C17H13ClN2Se/c1-12-11-16(13-5-3-2-4-6-13)20(17(21)19-12)15-9-7-14(18)8-10-15/h2-11H,1H3. The van der Waals surface area contributed by atoms with E-state index in [1.807, 2.05) is 49.4 Å². The van der Waals surface area contributed by atoms with Crippen LogP contribution in [-0.2, 0) is 0 Å². The van der Waals surface area contributed by atoms with Gasteiger partial charge in [0.2, 0.25) is 0 Å². The molecule has 3 aromatic rings. The van der Waals surface area contributed by atoms with Gasteiger partial charge in [-0.1, -0.05) is 0 Å². The first kappa shape index (κ1) is 14.3. The summed E-state index contributed by atoms with van der Waals surface area (Å²) in [5.41, 5.74) is 4.25. The second kappa shape index (κ2) is 5.98. The zero-order chi connectivity index (χ0) is 14.8. The van der Waals surface area contributed by atoms with Crippen molar-refractivity contribution in [1.82, 2.24) is 9.55 Å². The summed E-state index contributed by atoms with van der Waals surface area (Å²) < 4.78 is 2.93. The molecule has 2 aromatic carbocycles. The van der Waals surface area contributed by atoms with Crippen LogP contribution >= 0.6 is 11.6 Å². The van der Waals surface area contributed by atoms with Crippen molar-refractivity contribution in [3.8, 4) is 16.9 Å². The van der Waals surface area contributed by atoms with E-state index < -0.39 is 0 Å². The molecule has 3 rings (SSSR count). The summed E-state index contributed by atoms with van der Waals surface area (Å²) in [5, 5.41) is 0.724.